The fourth-order valence-corrected chi connectivity index (χ4v) is 4.08. The van der Waals surface area contributed by atoms with Crippen LogP contribution in [0.3, 0.4) is 0 Å². The molecule has 0 aromatic heterocycles. The van der Waals surface area contributed by atoms with Crippen molar-refractivity contribution < 1.29 is 23.9 Å². The van der Waals surface area contributed by atoms with E-state index in [1.54, 1.807) is 25.7 Å². The Hall–Kier alpha value is -3.10. The third kappa shape index (κ3) is 10.3. The smallest absolute Gasteiger partial charge is 0.408 e. The van der Waals surface area contributed by atoms with E-state index in [1.165, 1.54) is 0 Å². The van der Waals surface area contributed by atoms with E-state index >= 15 is 0 Å². The molecule has 1 aromatic rings. The van der Waals surface area contributed by atoms with Gasteiger partial charge >= 0.3 is 6.09 Å². The van der Waals surface area contributed by atoms with E-state index in [1.807, 2.05) is 52.0 Å². The predicted molar refractivity (Wildman–Crippen MR) is 149 cm³/mol. The number of ether oxygens (including phenoxy) is 1. The van der Waals surface area contributed by atoms with Crippen LogP contribution in [0.15, 0.2) is 24.3 Å². The van der Waals surface area contributed by atoms with Crippen molar-refractivity contribution in [1.82, 2.24) is 15.5 Å². The number of nitrogens with zero attached hydrogens (tertiary/aromatic N) is 1. The minimum absolute atomic E-state index is 0.0255. The second kappa shape index (κ2) is 14.7. The lowest BCUT2D eigenvalue weighted by Gasteiger charge is -2.45. The third-order valence-corrected chi connectivity index (χ3v) is 6.49. The molecule has 0 aliphatic heterocycles. The molecule has 1 rings (SSSR count). The van der Waals surface area contributed by atoms with Gasteiger partial charge in [-0.1, -0.05) is 51.0 Å². The summed E-state index contributed by atoms with van der Waals surface area (Å²) >= 11 is 0. The van der Waals surface area contributed by atoms with Crippen molar-refractivity contribution in [2.75, 3.05) is 6.54 Å². The normalized spacial score (nSPS) is 13.3. The molecule has 0 bridgehead atoms. The molecule has 0 aliphatic rings. The molecule has 4 amide bonds. The van der Waals surface area contributed by atoms with Crippen LogP contribution in [0.2, 0.25) is 0 Å². The Morgan fingerprint density at radius 1 is 1.03 bits per heavy atom. The topological polar surface area (TPSA) is 131 Å². The van der Waals surface area contributed by atoms with E-state index in [9.17, 15) is 19.2 Å². The first kappa shape index (κ1) is 32.9. The van der Waals surface area contributed by atoms with E-state index in [2.05, 4.69) is 17.6 Å². The molecule has 0 radical (unpaired) electrons. The van der Waals surface area contributed by atoms with Gasteiger partial charge < -0.3 is 26.0 Å². The van der Waals surface area contributed by atoms with Crippen molar-refractivity contribution in [3.8, 4) is 0 Å². The average molecular weight is 533 g/mol. The van der Waals surface area contributed by atoms with E-state index in [4.69, 9.17) is 10.5 Å². The second-order valence-electron chi connectivity index (χ2n) is 11.3. The van der Waals surface area contributed by atoms with Crippen LogP contribution < -0.4 is 16.4 Å². The highest BCUT2D eigenvalue weighted by molar-refractivity contribution is 5.93. The van der Waals surface area contributed by atoms with Crippen molar-refractivity contribution >= 4 is 23.8 Å². The number of aryl methyl sites for hydroxylation is 1. The van der Waals surface area contributed by atoms with Gasteiger partial charge in [0.2, 0.25) is 17.7 Å². The fourth-order valence-electron chi connectivity index (χ4n) is 4.08. The number of hydrogen-bond acceptors (Lipinski definition) is 5. The molecule has 38 heavy (non-hydrogen) atoms. The number of hydrogen-bond donors (Lipinski definition) is 3. The van der Waals surface area contributed by atoms with Crippen molar-refractivity contribution in [3.05, 3.63) is 35.4 Å². The molecule has 0 spiro atoms. The van der Waals surface area contributed by atoms with Crippen LogP contribution in [0.1, 0.15) is 104 Å². The molecule has 0 saturated carbocycles. The van der Waals surface area contributed by atoms with Crippen molar-refractivity contribution in [2.24, 2.45) is 5.73 Å². The average Bonchev–Trinajstić information content (AvgIpc) is 2.81. The summed E-state index contributed by atoms with van der Waals surface area (Å²) in [6, 6.07) is 5.39. The van der Waals surface area contributed by atoms with E-state index < -0.39 is 41.1 Å². The molecule has 214 valence electrons. The van der Waals surface area contributed by atoms with Crippen molar-refractivity contribution in [2.45, 2.75) is 117 Å². The predicted octanol–water partition coefficient (Wildman–Crippen LogP) is 4.52. The Morgan fingerprint density at radius 3 is 2.18 bits per heavy atom. The standard InChI is InChI=1S/C29H48N4O5/c1-9-11-14-19-31-25(35)24(21-16-13-12-15-20(21)3)33(29(7,8)10-2)26(36)22(17-18-23(30)34)32-27(37)38-28(4,5)6/h12-13,15-16,22,24H,9-11,14,17-19H2,1-8H3,(H2,30,34)(H,31,35)(H,32,37). The molecule has 4 N–H and O–H groups in total. The molecule has 0 aliphatic carbocycles. The maximum absolute atomic E-state index is 14.3. The number of primary amides is 1. The largest absolute Gasteiger partial charge is 0.444 e. The summed E-state index contributed by atoms with van der Waals surface area (Å²) in [4.78, 5) is 53.9. The second-order valence-corrected chi connectivity index (χ2v) is 11.3. The van der Waals surface area contributed by atoms with Crippen LogP contribution in [0, 0.1) is 6.92 Å². The van der Waals surface area contributed by atoms with Crippen LogP contribution in [-0.2, 0) is 19.1 Å². The summed E-state index contributed by atoms with van der Waals surface area (Å²) in [5.41, 5.74) is 5.39. The Labute approximate surface area is 228 Å². The van der Waals surface area contributed by atoms with Gasteiger partial charge in [-0.15, -0.1) is 0 Å². The van der Waals surface area contributed by atoms with Crippen LogP contribution in [0.5, 0.6) is 0 Å². The summed E-state index contributed by atoms with van der Waals surface area (Å²) < 4.78 is 5.39. The highest BCUT2D eigenvalue weighted by Gasteiger charge is 2.43. The molecular weight excluding hydrogens is 484 g/mol. The Kier molecular flexibility index (Phi) is 12.8. The van der Waals surface area contributed by atoms with Gasteiger partial charge in [0.1, 0.15) is 17.7 Å². The van der Waals surface area contributed by atoms with Gasteiger partial charge in [-0.2, -0.15) is 0 Å². The number of nitrogens with two attached hydrogens (primary N) is 1. The zero-order valence-corrected chi connectivity index (χ0v) is 24.5. The van der Waals surface area contributed by atoms with Crippen LogP contribution in [0.25, 0.3) is 0 Å². The zero-order chi connectivity index (χ0) is 29.1. The number of alkyl carbamates (subject to hydrolysis) is 1. The molecule has 9 heteroatoms. The van der Waals surface area contributed by atoms with Gasteiger partial charge in [-0.05, 0) is 71.9 Å². The Bertz CT molecular complexity index is 955. The quantitative estimate of drug-likeness (QED) is 0.303. The number of rotatable bonds is 14. The van der Waals surface area contributed by atoms with Gasteiger partial charge in [0, 0.05) is 18.5 Å². The van der Waals surface area contributed by atoms with Crippen molar-refractivity contribution in [1.29, 1.82) is 0 Å². The number of carbonyl (C=O) groups excluding carboxylic acids is 4. The first-order chi connectivity index (χ1) is 17.6. The summed E-state index contributed by atoms with van der Waals surface area (Å²) in [6.07, 6.45) is 2.43. The summed E-state index contributed by atoms with van der Waals surface area (Å²) in [7, 11) is 0. The summed E-state index contributed by atoms with van der Waals surface area (Å²) in [6.45, 7) is 15.4. The monoisotopic (exact) mass is 532 g/mol. The minimum Gasteiger partial charge on any atom is -0.444 e. The molecule has 9 nitrogen and oxygen atoms in total. The molecule has 1 aromatic carbocycles. The number of carbonyl (C=O) groups is 4. The van der Waals surface area contributed by atoms with Crippen molar-refractivity contribution in [3.63, 3.8) is 0 Å². The van der Waals surface area contributed by atoms with E-state index in [-0.39, 0.29) is 18.7 Å². The maximum atomic E-state index is 14.3. The van der Waals surface area contributed by atoms with Gasteiger partial charge in [-0.3, -0.25) is 14.4 Å². The van der Waals surface area contributed by atoms with Gasteiger partial charge in [0.05, 0.1) is 0 Å². The van der Waals surface area contributed by atoms with Crippen LogP contribution in [-0.4, -0.2) is 52.4 Å². The summed E-state index contributed by atoms with van der Waals surface area (Å²) in [5.74, 6) is -1.38. The summed E-state index contributed by atoms with van der Waals surface area (Å²) in [5, 5.41) is 5.65. The lowest BCUT2D eigenvalue weighted by Crippen LogP contribution is -2.59. The van der Waals surface area contributed by atoms with Gasteiger partial charge in [0.25, 0.3) is 0 Å². The lowest BCUT2D eigenvalue weighted by atomic mass is 9.90. The lowest BCUT2D eigenvalue weighted by molar-refractivity contribution is -0.149. The van der Waals surface area contributed by atoms with Gasteiger partial charge in [-0.25, -0.2) is 4.79 Å². The molecule has 0 heterocycles. The van der Waals surface area contributed by atoms with Crippen LogP contribution >= 0.6 is 0 Å². The first-order valence-electron chi connectivity index (χ1n) is 13.6. The van der Waals surface area contributed by atoms with Gasteiger partial charge in [0.15, 0.2) is 0 Å². The third-order valence-electron chi connectivity index (χ3n) is 6.49. The number of amides is 4. The minimum atomic E-state index is -1.12. The fraction of sp³-hybridized carbons (Fsp3) is 0.655. The highest BCUT2D eigenvalue weighted by atomic mass is 16.6. The Balaban J connectivity index is 3.60. The molecule has 0 saturated heterocycles. The van der Waals surface area contributed by atoms with Crippen LogP contribution in [0.4, 0.5) is 4.79 Å². The molecule has 2 atom stereocenters. The number of unbranched alkanes of at least 4 members (excludes halogenated alkanes) is 2. The Morgan fingerprint density at radius 2 is 1.66 bits per heavy atom. The highest BCUT2D eigenvalue weighted by Crippen LogP contribution is 2.34. The zero-order valence-electron chi connectivity index (χ0n) is 24.5. The maximum Gasteiger partial charge on any atom is 0.408 e. The molecule has 2 unspecified atom stereocenters. The first-order valence-corrected chi connectivity index (χ1v) is 13.6. The molecular formula is C29H48N4O5. The number of benzene rings is 1. The molecule has 0 fully saturated rings. The number of nitrogens with one attached hydrogen (secondary N) is 2. The van der Waals surface area contributed by atoms with E-state index in [0.717, 1.165) is 24.8 Å². The SMILES string of the molecule is CCCCCNC(=O)C(c1ccccc1C)N(C(=O)C(CCC(N)=O)NC(=O)OC(C)(C)C)C(C)(C)CC. The van der Waals surface area contributed by atoms with E-state index in [0.29, 0.717) is 18.5 Å².